The summed E-state index contributed by atoms with van der Waals surface area (Å²) in [5.41, 5.74) is 2.16. The highest BCUT2D eigenvalue weighted by atomic mass is 35.5. The van der Waals surface area contributed by atoms with Gasteiger partial charge in [0, 0.05) is 5.88 Å². The molecule has 0 aromatic carbocycles. The summed E-state index contributed by atoms with van der Waals surface area (Å²) in [6.07, 6.45) is 0.992. The lowest BCUT2D eigenvalue weighted by molar-refractivity contribution is 0.328. The Kier molecular flexibility index (Phi) is 5.63. The topological polar surface area (TPSA) is 27.7 Å². The molecule has 0 bridgehead atoms. The molecule has 0 saturated carbocycles. The van der Waals surface area contributed by atoms with Crippen LogP contribution in [0.5, 0.6) is 16.9 Å². The average Bonchev–Trinajstić information content (AvgIpc) is 2.34. The Morgan fingerprint density at radius 3 is 2.44 bits per heavy atom. The molecule has 0 aliphatic rings. The third kappa shape index (κ3) is 2.89. The van der Waals surface area contributed by atoms with Crippen LogP contribution in [0.4, 0.5) is 0 Å². The van der Waals surface area contributed by atoms with Gasteiger partial charge in [0.25, 0.3) is 0 Å². The predicted molar refractivity (Wildman–Crippen MR) is 67.4 cm³/mol. The first-order valence-electron chi connectivity index (χ1n) is 5.12. The Balaban J connectivity index is 3.10. The maximum atomic E-state index is 5.71. The maximum Gasteiger partial charge on any atom is 0.197 e. The molecule has 3 nitrogen and oxygen atoms in total. The van der Waals surface area contributed by atoms with Crippen molar-refractivity contribution in [2.45, 2.75) is 12.5 Å². The van der Waals surface area contributed by atoms with Crippen LogP contribution in [-0.4, -0.2) is 35.6 Å². The van der Waals surface area contributed by atoms with E-state index in [4.69, 9.17) is 25.8 Å². The summed E-state index contributed by atoms with van der Waals surface area (Å²) >= 11 is 5.71. The molecule has 0 saturated heterocycles. The number of methoxy groups -OCH3 is 3. The lowest BCUT2D eigenvalue weighted by atomic mass is 10.4. The van der Waals surface area contributed by atoms with E-state index in [0.29, 0.717) is 5.88 Å². The minimum absolute atomic E-state index is 0.683. The minimum Gasteiger partial charge on any atom is -0.498 e. The quantitative estimate of drug-likeness (QED) is 0.581. The van der Waals surface area contributed by atoms with E-state index in [1.165, 1.54) is 0 Å². The summed E-state index contributed by atoms with van der Waals surface area (Å²) < 4.78 is 16.0. The van der Waals surface area contributed by atoms with Crippen molar-refractivity contribution < 1.29 is 14.2 Å². The molecule has 1 rings (SSSR count). The number of aryl methyl sites for hydroxylation is 1. The van der Waals surface area contributed by atoms with Gasteiger partial charge < -0.3 is 14.2 Å². The van der Waals surface area contributed by atoms with Gasteiger partial charge in [-0.2, -0.15) is 0 Å². The Morgan fingerprint density at radius 1 is 1.19 bits per heavy atom. The third-order valence-corrected chi connectivity index (χ3v) is 5.11. The van der Waals surface area contributed by atoms with Crippen molar-refractivity contribution in [3.05, 3.63) is 11.7 Å². The number of ether oxygens (including phenoxy) is 3. The monoisotopic (exact) mass is 260 g/mol. The molecule has 1 aromatic rings. The minimum atomic E-state index is -0.836. The zero-order valence-corrected chi connectivity index (χ0v) is 11.6. The second-order valence-corrected chi connectivity index (χ2v) is 6.00. The molecule has 0 spiro atoms. The smallest absolute Gasteiger partial charge is 0.197 e. The highest BCUT2D eigenvalue weighted by Gasteiger charge is 2.15. The summed E-state index contributed by atoms with van der Waals surface area (Å²) in [6, 6.07) is 3.02. The molecule has 0 aliphatic carbocycles. The van der Waals surface area contributed by atoms with Crippen LogP contribution < -0.4 is 14.2 Å². The molecule has 1 heterocycles. The fourth-order valence-electron chi connectivity index (χ4n) is 1.62. The van der Waals surface area contributed by atoms with E-state index >= 15 is 0 Å². The highest BCUT2D eigenvalue weighted by molar-refractivity contribution is 6.55. The standard InChI is InChI=1S/C11H17ClO3Si/c1-13-9-5-8-16(7-4-6-12)11(15-3)10(9)14-2/h5,8H,4,6-7H2,1-3H3. The first kappa shape index (κ1) is 13.3. The molecule has 16 heavy (non-hydrogen) atoms. The van der Waals surface area contributed by atoms with E-state index in [-0.39, 0.29) is 0 Å². The van der Waals surface area contributed by atoms with Gasteiger partial charge >= 0.3 is 0 Å². The number of halogens is 1. The maximum absolute atomic E-state index is 5.71. The van der Waals surface area contributed by atoms with Gasteiger partial charge in [-0.3, -0.25) is 0 Å². The van der Waals surface area contributed by atoms with E-state index in [2.05, 4.69) is 5.68 Å². The molecular weight excluding hydrogens is 244 g/mol. The summed E-state index contributed by atoms with van der Waals surface area (Å²) in [4.78, 5) is 0. The van der Waals surface area contributed by atoms with Crippen molar-refractivity contribution in [1.82, 2.24) is 0 Å². The average molecular weight is 261 g/mol. The second kappa shape index (κ2) is 6.76. The number of hydrogen-bond donors (Lipinski definition) is 0. The van der Waals surface area contributed by atoms with Gasteiger partial charge in [0.1, 0.15) is 5.36 Å². The van der Waals surface area contributed by atoms with Crippen LogP contribution >= 0.6 is 11.6 Å². The third-order valence-electron chi connectivity index (χ3n) is 2.37. The summed E-state index contributed by atoms with van der Waals surface area (Å²) in [6.45, 7) is 0. The van der Waals surface area contributed by atoms with Gasteiger partial charge in [-0.05, 0) is 18.5 Å². The van der Waals surface area contributed by atoms with Crippen LogP contribution in [0.15, 0.2) is 11.7 Å². The van der Waals surface area contributed by atoms with Gasteiger partial charge in [0.15, 0.2) is 11.5 Å². The van der Waals surface area contributed by atoms with E-state index < -0.39 is 8.40 Å². The van der Waals surface area contributed by atoms with Crippen LogP contribution in [-0.2, 0) is 6.04 Å². The van der Waals surface area contributed by atoms with E-state index in [0.717, 1.165) is 29.3 Å². The van der Waals surface area contributed by atoms with Crippen LogP contribution in [0, 0.1) is 0 Å². The Labute approximate surface area is 103 Å². The van der Waals surface area contributed by atoms with Crippen molar-refractivity contribution in [1.29, 1.82) is 0 Å². The first-order chi connectivity index (χ1) is 7.78. The summed E-state index contributed by atoms with van der Waals surface area (Å²) in [7, 11) is 4.10. The summed E-state index contributed by atoms with van der Waals surface area (Å²) in [5.74, 6) is 2.12. The Hall–Kier alpha value is -0.743. The van der Waals surface area contributed by atoms with E-state index in [1.54, 1.807) is 21.3 Å². The lowest BCUT2D eigenvalue weighted by Crippen LogP contribution is -2.08. The molecule has 0 radical (unpaired) electrons. The summed E-state index contributed by atoms with van der Waals surface area (Å²) in [5, 5.41) is 0.914. The van der Waals surface area contributed by atoms with Gasteiger partial charge in [0.2, 0.25) is 0 Å². The van der Waals surface area contributed by atoms with Crippen molar-refractivity contribution in [3.63, 3.8) is 0 Å². The fraction of sp³-hybridized carbons (Fsp3) is 0.545. The van der Waals surface area contributed by atoms with Crippen LogP contribution in [0.2, 0.25) is 0 Å². The molecule has 0 atom stereocenters. The predicted octanol–water partition coefficient (Wildman–Crippen LogP) is 2.37. The lowest BCUT2D eigenvalue weighted by Gasteiger charge is -2.15. The van der Waals surface area contributed by atoms with Gasteiger partial charge in [-0.25, -0.2) is 0 Å². The van der Waals surface area contributed by atoms with E-state index in [1.807, 2.05) is 6.07 Å². The van der Waals surface area contributed by atoms with Crippen molar-refractivity contribution in [2.75, 3.05) is 27.2 Å². The number of alkyl halides is 1. The number of rotatable bonds is 6. The van der Waals surface area contributed by atoms with Crippen molar-refractivity contribution in [2.24, 2.45) is 0 Å². The fourth-order valence-corrected chi connectivity index (χ4v) is 4.21. The number of hydrogen-bond acceptors (Lipinski definition) is 3. The molecule has 90 valence electrons. The molecule has 0 N–H and O–H groups in total. The molecule has 1 aromatic heterocycles. The van der Waals surface area contributed by atoms with Crippen LogP contribution in [0.1, 0.15) is 6.42 Å². The van der Waals surface area contributed by atoms with Gasteiger partial charge in [-0.1, -0.05) is 5.68 Å². The van der Waals surface area contributed by atoms with Crippen LogP contribution in [0.3, 0.4) is 0 Å². The molecule has 0 fully saturated rings. The normalized spacial score (nSPS) is 10.0. The van der Waals surface area contributed by atoms with E-state index in [9.17, 15) is 0 Å². The van der Waals surface area contributed by atoms with Gasteiger partial charge in [-0.15, -0.1) is 11.6 Å². The van der Waals surface area contributed by atoms with Gasteiger partial charge in [0.05, 0.1) is 29.7 Å². The highest BCUT2D eigenvalue weighted by Crippen LogP contribution is 2.36. The molecule has 5 heteroatoms. The Bertz CT molecular complexity index is 344. The molecule has 0 amide bonds. The zero-order chi connectivity index (χ0) is 12.0. The molecule has 0 unspecified atom stereocenters. The second-order valence-electron chi connectivity index (χ2n) is 3.29. The van der Waals surface area contributed by atoms with Crippen molar-refractivity contribution >= 4 is 20.0 Å². The molecule has 0 aliphatic heterocycles. The molecular formula is C11H17ClO3Si. The van der Waals surface area contributed by atoms with Crippen molar-refractivity contribution in [3.8, 4) is 16.9 Å². The van der Waals surface area contributed by atoms with Crippen LogP contribution in [0.25, 0.3) is 0 Å². The SMILES string of the molecule is COc1cc[si](CCCCl)c(OC)c1OC. The zero-order valence-electron chi connectivity index (χ0n) is 9.88. The Morgan fingerprint density at radius 2 is 1.94 bits per heavy atom. The largest absolute Gasteiger partial charge is 0.498 e. The first-order valence-corrected chi connectivity index (χ1v) is 7.44.